The number of carbonyl (C=O) groups is 1. The van der Waals surface area contributed by atoms with Crippen molar-refractivity contribution in [1.82, 2.24) is 0 Å². The zero-order valence-corrected chi connectivity index (χ0v) is 11.9. The van der Waals surface area contributed by atoms with Gasteiger partial charge in [-0.1, -0.05) is 37.0 Å². The Hall–Kier alpha value is -0.530. The Labute approximate surface area is 112 Å². The van der Waals surface area contributed by atoms with Crippen molar-refractivity contribution < 1.29 is 4.79 Å². The van der Waals surface area contributed by atoms with Crippen LogP contribution in [0.1, 0.15) is 55.1 Å². The minimum atomic E-state index is -0.0268. The molecule has 1 aromatic rings. The molecule has 0 N–H and O–H groups in total. The Morgan fingerprint density at radius 1 is 1.35 bits per heavy atom. The fourth-order valence-corrected chi connectivity index (χ4v) is 3.56. The van der Waals surface area contributed by atoms with E-state index in [-0.39, 0.29) is 11.2 Å². The average Bonchev–Trinajstić information content (AvgIpc) is 2.21. The van der Waals surface area contributed by atoms with Gasteiger partial charge in [-0.2, -0.15) is 0 Å². The number of hydrogen-bond donors (Lipinski definition) is 0. The molecular weight excluding hydrogens is 255 g/mol. The van der Waals surface area contributed by atoms with Crippen LogP contribution in [0.25, 0.3) is 0 Å². The van der Waals surface area contributed by atoms with Gasteiger partial charge in [-0.05, 0) is 48.8 Å². The van der Waals surface area contributed by atoms with Crippen LogP contribution in [0.3, 0.4) is 0 Å². The van der Waals surface area contributed by atoms with Crippen LogP contribution in [0.2, 0.25) is 10.0 Å². The summed E-state index contributed by atoms with van der Waals surface area (Å²) in [7, 11) is 0. The monoisotopic (exact) mass is 270 g/mol. The molecule has 0 aliphatic heterocycles. The standard InChI is InChI=1S/C14H16Cl2O/c1-8(17)10-7-11(15)9-5-4-6-14(2,3)12(9)13(10)16/h7H,4-6H2,1-3H3. The van der Waals surface area contributed by atoms with Crippen LogP contribution in [0.15, 0.2) is 6.07 Å². The Balaban J connectivity index is 2.76. The van der Waals surface area contributed by atoms with Gasteiger partial charge in [0.15, 0.2) is 5.78 Å². The van der Waals surface area contributed by atoms with Crippen LogP contribution in [0, 0.1) is 0 Å². The molecule has 0 fully saturated rings. The first-order chi connectivity index (χ1) is 7.84. The third-order valence-corrected chi connectivity index (χ3v) is 4.33. The van der Waals surface area contributed by atoms with Gasteiger partial charge in [0, 0.05) is 10.6 Å². The predicted molar refractivity (Wildman–Crippen MR) is 72.4 cm³/mol. The minimum Gasteiger partial charge on any atom is -0.294 e. The fraction of sp³-hybridized carbons (Fsp3) is 0.500. The first-order valence-electron chi connectivity index (χ1n) is 5.87. The van der Waals surface area contributed by atoms with Crippen LogP contribution in [0.4, 0.5) is 0 Å². The van der Waals surface area contributed by atoms with Gasteiger partial charge in [0.05, 0.1) is 5.02 Å². The molecule has 0 saturated carbocycles. The molecule has 0 amide bonds. The summed E-state index contributed by atoms with van der Waals surface area (Å²) < 4.78 is 0. The van der Waals surface area contributed by atoms with E-state index < -0.39 is 0 Å². The van der Waals surface area contributed by atoms with E-state index in [0.717, 1.165) is 30.4 Å². The summed E-state index contributed by atoms with van der Waals surface area (Å²) in [6.07, 6.45) is 3.16. The molecule has 92 valence electrons. The van der Waals surface area contributed by atoms with Crippen LogP contribution < -0.4 is 0 Å². The fourth-order valence-electron chi connectivity index (χ4n) is 2.70. The highest BCUT2D eigenvalue weighted by molar-refractivity contribution is 6.37. The van der Waals surface area contributed by atoms with Crippen molar-refractivity contribution in [1.29, 1.82) is 0 Å². The van der Waals surface area contributed by atoms with Gasteiger partial charge >= 0.3 is 0 Å². The van der Waals surface area contributed by atoms with E-state index in [2.05, 4.69) is 13.8 Å². The van der Waals surface area contributed by atoms with Gasteiger partial charge in [-0.15, -0.1) is 0 Å². The Morgan fingerprint density at radius 3 is 2.59 bits per heavy atom. The van der Waals surface area contributed by atoms with E-state index in [1.54, 1.807) is 6.07 Å². The van der Waals surface area contributed by atoms with E-state index >= 15 is 0 Å². The summed E-state index contributed by atoms with van der Waals surface area (Å²) in [4.78, 5) is 11.6. The zero-order valence-electron chi connectivity index (χ0n) is 10.4. The van der Waals surface area contributed by atoms with Crippen molar-refractivity contribution >= 4 is 29.0 Å². The highest BCUT2D eigenvalue weighted by atomic mass is 35.5. The first kappa shape index (κ1) is 12.9. The summed E-state index contributed by atoms with van der Waals surface area (Å²) in [6.45, 7) is 5.86. The summed E-state index contributed by atoms with van der Waals surface area (Å²) in [5.41, 5.74) is 2.74. The average molecular weight is 271 g/mol. The third kappa shape index (κ3) is 2.11. The summed E-state index contributed by atoms with van der Waals surface area (Å²) in [5, 5.41) is 1.28. The minimum absolute atomic E-state index is 0.000231. The number of rotatable bonds is 1. The lowest BCUT2D eigenvalue weighted by Gasteiger charge is -2.34. The number of benzene rings is 1. The van der Waals surface area contributed by atoms with Crippen molar-refractivity contribution in [3.8, 4) is 0 Å². The van der Waals surface area contributed by atoms with E-state index in [9.17, 15) is 4.79 Å². The number of fused-ring (bicyclic) bond motifs is 1. The summed E-state index contributed by atoms with van der Waals surface area (Å²) >= 11 is 12.7. The number of ketones is 1. The van der Waals surface area contributed by atoms with Gasteiger partial charge in [-0.25, -0.2) is 0 Å². The van der Waals surface area contributed by atoms with E-state index in [1.165, 1.54) is 6.92 Å². The molecule has 0 saturated heterocycles. The smallest absolute Gasteiger partial charge is 0.161 e. The molecule has 2 rings (SSSR count). The van der Waals surface area contributed by atoms with E-state index in [0.29, 0.717) is 15.6 Å². The molecule has 0 heterocycles. The second-order valence-electron chi connectivity index (χ2n) is 5.37. The molecule has 0 atom stereocenters. The zero-order chi connectivity index (χ0) is 12.8. The predicted octanol–water partition coefficient (Wildman–Crippen LogP) is 4.81. The quantitative estimate of drug-likeness (QED) is 0.670. The second kappa shape index (κ2) is 4.29. The normalized spacial score (nSPS) is 17.7. The van der Waals surface area contributed by atoms with Gasteiger partial charge in [0.1, 0.15) is 0 Å². The molecule has 0 bridgehead atoms. The lowest BCUT2D eigenvalue weighted by molar-refractivity contribution is 0.101. The number of carbonyl (C=O) groups excluding carboxylic acids is 1. The molecular formula is C14H16Cl2O. The third-order valence-electron chi connectivity index (χ3n) is 3.60. The molecule has 0 spiro atoms. The Morgan fingerprint density at radius 2 is 2.00 bits per heavy atom. The number of halogens is 2. The van der Waals surface area contributed by atoms with E-state index in [4.69, 9.17) is 23.2 Å². The Kier molecular flexibility index (Phi) is 3.26. The molecule has 0 radical (unpaired) electrons. The molecule has 1 aliphatic rings. The van der Waals surface area contributed by atoms with E-state index in [1.807, 2.05) is 0 Å². The molecule has 1 nitrogen and oxygen atoms in total. The van der Waals surface area contributed by atoms with Crippen LogP contribution >= 0.6 is 23.2 Å². The molecule has 1 aliphatic carbocycles. The Bertz CT molecular complexity index is 489. The van der Waals surface area contributed by atoms with Gasteiger partial charge in [0.2, 0.25) is 0 Å². The molecule has 17 heavy (non-hydrogen) atoms. The molecule has 0 unspecified atom stereocenters. The van der Waals surface area contributed by atoms with Gasteiger partial charge in [-0.3, -0.25) is 4.79 Å². The maximum absolute atomic E-state index is 11.6. The second-order valence-corrected chi connectivity index (χ2v) is 6.15. The SMILES string of the molecule is CC(=O)c1cc(Cl)c2c(c1Cl)C(C)(C)CCC2. The first-order valence-corrected chi connectivity index (χ1v) is 6.62. The lowest BCUT2D eigenvalue weighted by Crippen LogP contribution is -2.25. The van der Waals surface area contributed by atoms with Crippen molar-refractivity contribution in [2.45, 2.75) is 45.4 Å². The maximum Gasteiger partial charge on any atom is 0.161 e. The summed E-state index contributed by atoms with van der Waals surface area (Å²) in [5.74, 6) is -0.0268. The highest BCUT2D eigenvalue weighted by Crippen LogP contribution is 2.45. The number of hydrogen-bond acceptors (Lipinski definition) is 1. The van der Waals surface area contributed by atoms with Crippen LogP contribution in [0.5, 0.6) is 0 Å². The van der Waals surface area contributed by atoms with Crippen molar-refractivity contribution in [2.75, 3.05) is 0 Å². The van der Waals surface area contributed by atoms with Crippen LogP contribution in [-0.4, -0.2) is 5.78 Å². The summed E-state index contributed by atoms with van der Waals surface area (Å²) in [6, 6.07) is 1.71. The molecule has 3 heteroatoms. The highest BCUT2D eigenvalue weighted by Gasteiger charge is 2.32. The topological polar surface area (TPSA) is 17.1 Å². The lowest BCUT2D eigenvalue weighted by atomic mass is 9.72. The van der Waals surface area contributed by atoms with Crippen molar-refractivity contribution in [2.24, 2.45) is 0 Å². The number of Topliss-reactive ketones (excluding diaryl/α,β-unsaturated/α-hetero) is 1. The maximum atomic E-state index is 11.6. The van der Waals surface area contributed by atoms with Gasteiger partial charge in [0.25, 0.3) is 0 Å². The van der Waals surface area contributed by atoms with Crippen molar-refractivity contribution in [3.63, 3.8) is 0 Å². The van der Waals surface area contributed by atoms with Crippen LogP contribution in [-0.2, 0) is 11.8 Å². The van der Waals surface area contributed by atoms with Gasteiger partial charge < -0.3 is 0 Å². The van der Waals surface area contributed by atoms with Crippen molar-refractivity contribution in [3.05, 3.63) is 32.8 Å². The molecule has 1 aromatic carbocycles. The largest absolute Gasteiger partial charge is 0.294 e. The molecule has 0 aromatic heterocycles.